The Morgan fingerprint density at radius 3 is 2.80 bits per heavy atom. The van der Waals surface area contributed by atoms with Crippen molar-refractivity contribution in [2.45, 2.75) is 12.2 Å². The van der Waals surface area contributed by atoms with Crippen molar-refractivity contribution in [1.82, 2.24) is 5.01 Å². The van der Waals surface area contributed by atoms with Gasteiger partial charge in [-0.25, -0.2) is 0 Å². The van der Waals surface area contributed by atoms with Crippen molar-refractivity contribution in [2.75, 3.05) is 19.3 Å². The Labute approximate surface area is 95.4 Å². The smallest absolute Gasteiger partial charge is 0.0776 e. The van der Waals surface area contributed by atoms with Gasteiger partial charge >= 0.3 is 0 Å². The van der Waals surface area contributed by atoms with Crippen LogP contribution in [0.1, 0.15) is 12.5 Å². The highest BCUT2D eigenvalue weighted by molar-refractivity contribution is 8.00. The van der Waals surface area contributed by atoms with Crippen molar-refractivity contribution < 1.29 is 0 Å². The number of hydrazone groups is 1. The minimum Gasteiger partial charge on any atom is -0.299 e. The van der Waals surface area contributed by atoms with Crippen molar-refractivity contribution in [3.8, 4) is 0 Å². The lowest BCUT2D eigenvalue weighted by atomic mass is 10.1. The minimum absolute atomic E-state index is 0.653. The van der Waals surface area contributed by atoms with Crippen LogP contribution in [0.2, 0.25) is 0 Å². The highest BCUT2D eigenvalue weighted by atomic mass is 32.2. The zero-order valence-electron chi connectivity index (χ0n) is 9.18. The zero-order valence-corrected chi connectivity index (χ0v) is 10.00. The van der Waals surface area contributed by atoms with Gasteiger partial charge in [0.05, 0.1) is 5.71 Å². The third-order valence-electron chi connectivity index (χ3n) is 2.42. The molecule has 3 heteroatoms. The first-order valence-corrected chi connectivity index (χ1v) is 6.26. The molecule has 1 aromatic carbocycles. The molecule has 0 radical (unpaired) electrons. The van der Waals surface area contributed by atoms with E-state index in [1.54, 1.807) is 0 Å². The third-order valence-corrected chi connectivity index (χ3v) is 3.58. The molecule has 2 nitrogen and oxygen atoms in total. The summed E-state index contributed by atoms with van der Waals surface area (Å²) < 4.78 is 0. The van der Waals surface area contributed by atoms with Crippen molar-refractivity contribution in [2.24, 2.45) is 5.10 Å². The van der Waals surface area contributed by atoms with E-state index in [2.05, 4.69) is 36.3 Å². The van der Waals surface area contributed by atoms with Crippen LogP contribution in [0, 0.1) is 0 Å². The Kier molecular flexibility index (Phi) is 3.31. The van der Waals surface area contributed by atoms with E-state index in [0.717, 1.165) is 12.3 Å². The Balaban J connectivity index is 2.22. The van der Waals surface area contributed by atoms with E-state index >= 15 is 0 Å². The molecule has 0 saturated heterocycles. The van der Waals surface area contributed by atoms with E-state index < -0.39 is 0 Å². The van der Waals surface area contributed by atoms with Gasteiger partial charge in [-0.2, -0.15) is 16.9 Å². The van der Waals surface area contributed by atoms with Crippen LogP contribution >= 0.6 is 11.8 Å². The van der Waals surface area contributed by atoms with Gasteiger partial charge in [-0.05, 0) is 5.56 Å². The molecule has 1 aliphatic heterocycles. The summed E-state index contributed by atoms with van der Waals surface area (Å²) in [5.41, 5.74) is 2.43. The number of hydrogen-bond donors (Lipinski definition) is 0. The van der Waals surface area contributed by atoms with E-state index in [1.165, 1.54) is 11.3 Å². The molecule has 1 aromatic rings. The summed E-state index contributed by atoms with van der Waals surface area (Å²) in [4.78, 5) is 0. The van der Waals surface area contributed by atoms with Crippen molar-refractivity contribution in [3.63, 3.8) is 0 Å². The SMILES string of the molecule is C[C@H]1CN(C)N=C(c2ccccc2)CS1. The highest BCUT2D eigenvalue weighted by Gasteiger charge is 2.14. The monoisotopic (exact) mass is 220 g/mol. The van der Waals surface area contributed by atoms with Gasteiger partial charge in [-0.3, -0.25) is 5.01 Å². The van der Waals surface area contributed by atoms with Crippen LogP contribution in [-0.2, 0) is 0 Å². The van der Waals surface area contributed by atoms with Gasteiger partial charge in [0.1, 0.15) is 0 Å². The number of rotatable bonds is 1. The fraction of sp³-hybridized carbons (Fsp3) is 0.417. The molecule has 15 heavy (non-hydrogen) atoms. The summed E-state index contributed by atoms with van der Waals surface area (Å²) in [6.45, 7) is 3.28. The lowest BCUT2D eigenvalue weighted by molar-refractivity contribution is 0.361. The molecule has 0 N–H and O–H groups in total. The van der Waals surface area contributed by atoms with Gasteiger partial charge in [-0.15, -0.1) is 0 Å². The summed E-state index contributed by atoms with van der Waals surface area (Å²) in [6, 6.07) is 10.4. The van der Waals surface area contributed by atoms with Crippen LogP contribution < -0.4 is 0 Å². The fourth-order valence-corrected chi connectivity index (χ4v) is 2.68. The van der Waals surface area contributed by atoms with Gasteiger partial charge in [0, 0.05) is 24.6 Å². The molecular formula is C12H16N2S. The van der Waals surface area contributed by atoms with Gasteiger partial charge in [0.15, 0.2) is 0 Å². The second-order valence-corrected chi connectivity index (χ2v) is 5.30. The molecule has 1 heterocycles. The molecule has 80 valence electrons. The molecule has 0 fully saturated rings. The molecular weight excluding hydrogens is 204 g/mol. The average Bonchev–Trinajstić information content (AvgIpc) is 2.41. The lowest BCUT2D eigenvalue weighted by Crippen LogP contribution is -2.19. The summed E-state index contributed by atoms with van der Waals surface area (Å²) in [5.74, 6) is 1.01. The summed E-state index contributed by atoms with van der Waals surface area (Å²) in [6.07, 6.45) is 0. The number of nitrogens with zero attached hydrogens (tertiary/aromatic N) is 2. The van der Waals surface area contributed by atoms with Crippen LogP contribution in [-0.4, -0.2) is 35.3 Å². The molecule has 0 unspecified atom stereocenters. The highest BCUT2D eigenvalue weighted by Crippen LogP contribution is 2.18. The quantitative estimate of drug-likeness (QED) is 0.722. The van der Waals surface area contributed by atoms with E-state index in [-0.39, 0.29) is 0 Å². The molecule has 0 aromatic heterocycles. The van der Waals surface area contributed by atoms with Crippen LogP contribution in [0.3, 0.4) is 0 Å². The maximum atomic E-state index is 4.63. The van der Waals surface area contributed by atoms with Gasteiger partial charge in [-0.1, -0.05) is 37.3 Å². The van der Waals surface area contributed by atoms with E-state index in [9.17, 15) is 0 Å². The maximum absolute atomic E-state index is 4.63. The fourth-order valence-electron chi connectivity index (χ4n) is 1.69. The number of thioether (sulfide) groups is 1. The zero-order chi connectivity index (χ0) is 10.7. The normalized spacial score (nSPS) is 22.1. The molecule has 1 atom stereocenters. The van der Waals surface area contributed by atoms with E-state index in [1.807, 2.05) is 29.9 Å². The molecule has 1 aliphatic rings. The van der Waals surface area contributed by atoms with Crippen LogP contribution in [0.5, 0.6) is 0 Å². The number of hydrogen-bond acceptors (Lipinski definition) is 3. The second kappa shape index (κ2) is 4.71. The second-order valence-electron chi connectivity index (χ2n) is 3.87. The summed E-state index contributed by atoms with van der Waals surface area (Å²) in [5, 5.41) is 7.33. The molecule has 0 saturated carbocycles. The predicted octanol–water partition coefficient (Wildman–Crippen LogP) is 2.46. The van der Waals surface area contributed by atoms with Crippen LogP contribution in [0.25, 0.3) is 0 Å². The maximum Gasteiger partial charge on any atom is 0.0776 e. The van der Waals surface area contributed by atoms with Crippen LogP contribution in [0.15, 0.2) is 35.4 Å². The summed E-state index contributed by atoms with van der Waals surface area (Å²) in [7, 11) is 2.05. The Hall–Kier alpha value is -0.960. The van der Waals surface area contributed by atoms with Gasteiger partial charge < -0.3 is 0 Å². The van der Waals surface area contributed by atoms with Gasteiger partial charge in [0.2, 0.25) is 0 Å². The van der Waals surface area contributed by atoms with E-state index in [4.69, 9.17) is 0 Å². The third kappa shape index (κ3) is 2.75. The molecule has 2 rings (SSSR count). The Morgan fingerprint density at radius 1 is 1.33 bits per heavy atom. The van der Waals surface area contributed by atoms with Gasteiger partial charge in [0.25, 0.3) is 0 Å². The number of benzene rings is 1. The minimum atomic E-state index is 0.653. The largest absolute Gasteiger partial charge is 0.299 e. The molecule has 0 amide bonds. The van der Waals surface area contributed by atoms with Crippen molar-refractivity contribution >= 4 is 17.5 Å². The first-order valence-electron chi connectivity index (χ1n) is 5.21. The first-order chi connectivity index (χ1) is 7.25. The first kappa shape index (κ1) is 10.6. The molecule has 0 spiro atoms. The Bertz CT molecular complexity index is 348. The Morgan fingerprint density at radius 2 is 2.07 bits per heavy atom. The van der Waals surface area contributed by atoms with Crippen LogP contribution in [0.4, 0.5) is 0 Å². The van der Waals surface area contributed by atoms with Crippen molar-refractivity contribution in [1.29, 1.82) is 0 Å². The summed E-state index contributed by atoms with van der Waals surface area (Å²) >= 11 is 1.97. The van der Waals surface area contributed by atoms with E-state index in [0.29, 0.717) is 5.25 Å². The molecule has 0 bridgehead atoms. The lowest BCUT2D eigenvalue weighted by Gasteiger charge is -2.13. The average molecular weight is 220 g/mol. The molecule has 0 aliphatic carbocycles. The van der Waals surface area contributed by atoms with Crippen molar-refractivity contribution in [3.05, 3.63) is 35.9 Å². The topological polar surface area (TPSA) is 15.6 Å². The standard InChI is InChI=1S/C12H16N2S/c1-10-8-14(2)13-12(9-15-10)11-6-4-3-5-7-11/h3-7,10H,8-9H2,1-2H3/t10-/m0/s1. The predicted molar refractivity (Wildman–Crippen MR) is 67.5 cm³/mol.